The van der Waals surface area contributed by atoms with Gasteiger partial charge in [0.05, 0.1) is 0 Å². The van der Waals surface area contributed by atoms with Crippen molar-refractivity contribution in [1.82, 2.24) is 0 Å². The molecule has 0 radical (unpaired) electrons. The summed E-state index contributed by atoms with van der Waals surface area (Å²) >= 11 is 0. The molecule has 0 atom stereocenters. The summed E-state index contributed by atoms with van der Waals surface area (Å²) in [5, 5.41) is 18.1. The van der Waals surface area contributed by atoms with Gasteiger partial charge < -0.3 is 22.6 Å². The lowest BCUT2D eigenvalue weighted by Gasteiger charge is -2.41. The molecule has 0 amide bonds. The first-order chi connectivity index (χ1) is 10.2. The summed E-state index contributed by atoms with van der Waals surface area (Å²) in [5.41, 5.74) is 0. The number of aliphatic hydroxyl groups is 2. The van der Waals surface area contributed by atoms with Crippen LogP contribution in [0.5, 0.6) is 0 Å². The van der Waals surface area contributed by atoms with Crippen molar-refractivity contribution in [2.75, 3.05) is 13.2 Å². The molecule has 0 fully saturated rings. The Hall–Kier alpha value is 0.668. The van der Waals surface area contributed by atoms with Gasteiger partial charge in [-0.05, 0) is 77.3 Å². The summed E-state index contributed by atoms with van der Waals surface area (Å²) in [6.45, 7) is 17.6. The first-order valence-corrected chi connectivity index (χ1v) is 20.4. The molecule has 0 aromatic heterocycles. The van der Waals surface area contributed by atoms with Crippen molar-refractivity contribution in [2.45, 2.75) is 77.3 Å². The van der Waals surface area contributed by atoms with Crippen molar-refractivity contribution in [1.29, 1.82) is 0 Å². The van der Waals surface area contributed by atoms with E-state index in [1.165, 1.54) is 0 Å². The monoisotopic (exact) mass is 398 g/mol. The van der Waals surface area contributed by atoms with Gasteiger partial charge in [-0.3, -0.25) is 0 Å². The van der Waals surface area contributed by atoms with Gasteiger partial charge >= 0.3 is 17.1 Å². The highest BCUT2D eigenvalue weighted by Gasteiger charge is 2.43. The maximum atomic E-state index is 9.03. The van der Waals surface area contributed by atoms with Gasteiger partial charge in [-0.2, -0.15) is 0 Å². The smallest absolute Gasteiger partial charge is 0.312 e. The van der Waals surface area contributed by atoms with Crippen LogP contribution in [0.3, 0.4) is 0 Å². The molecule has 140 valence electrons. The molecule has 0 bridgehead atoms. The summed E-state index contributed by atoms with van der Waals surface area (Å²) in [5.74, 6) is 0. The summed E-state index contributed by atoms with van der Waals surface area (Å²) < 4.78 is 19.3. The van der Waals surface area contributed by atoms with Gasteiger partial charge in [0.2, 0.25) is 0 Å². The van der Waals surface area contributed by atoms with Crippen molar-refractivity contribution in [2.24, 2.45) is 0 Å². The van der Waals surface area contributed by atoms with Crippen molar-refractivity contribution >= 4 is 33.8 Å². The standard InChI is InChI=1S/C14H38O5Si4/c1-20(2,13-9-11-15)17-22(5,6)19-23(7,8)18-21(3,4)14-10-12-16/h15-16H,9-14H2,1-8H3. The van der Waals surface area contributed by atoms with Crippen LogP contribution in [0, 0.1) is 0 Å². The number of aliphatic hydroxyl groups excluding tert-OH is 2. The first-order valence-electron chi connectivity index (χ1n) is 8.56. The van der Waals surface area contributed by atoms with Crippen LogP contribution in [0.15, 0.2) is 0 Å². The predicted molar refractivity (Wildman–Crippen MR) is 106 cm³/mol. The Labute approximate surface area is 147 Å². The van der Waals surface area contributed by atoms with E-state index in [0.717, 1.165) is 24.9 Å². The second kappa shape index (κ2) is 9.39. The van der Waals surface area contributed by atoms with Gasteiger partial charge in [0.25, 0.3) is 0 Å². The lowest BCUT2D eigenvalue weighted by Crippen LogP contribution is -2.56. The van der Waals surface area contributed by atoms with E-state index in [-0.39, 0.29) is 13.2 Å². The fourth-order valence-electron chi connectivity index (χ4n) is 3.08. The van der Waals surface area contributed by atoms with Crippen LogP contribution in [0.4, 0.5) is 0 Å². The molecule has 23 heavy (non-hydrogen) atoms. The Morgan fingerprint density at radius 2 is 0.870 bits per heavy atom. The van der Waals surface area contributed by atoms with Crippen LogP contribution < -0.4 is 0 Å². The van der Waals surface area contributed by atoms with Gasteiger partial charge in [0, 0.05) is 13.2 Å². The fraction of sp³-hybridized carbons (Fsp3) is 1.00. The molecule has 0 unspecified atom stereocenters. The van der Waals surface area contributed by atoms with Crippen LogP contribution in [0.1, 0.15) is 12.8 Å². The maximum absolute atomic E-state index is 9.03. The zero-order valence-corrected chi connectivity index (χ0v) is 20.4. The normalized spacial score (nSPS) is 14.3. The molecule has 0 saturated heterocycles. The van der Waals surface area contributed by atoms with Gasteiger partial charge in [-0.1, -0.05) is 0 Å². The highest BCUT2D eigenvalue weighted by Crippen LogP contribution is 2.27. The molecule has 0 heterocycles. The van der Waals surface area contributed by atoms with E-state index in [1.807, 2.05) is 0 Å². The molecule has 0 rings (SSSR count). The molecule has 0 saturated carbocycles. The lowest BCUT2D eigenvalue weighted by molar-refractivity contribution is 0.287. The summed E-state index contributed by atoms with van der Waals surface area (Å²) in [6, 6.07) is 1.89. The van der Waals surface area contributed by atoms with E-state index in [1.54, 1.807) is 0 Å². The predicted octanol–water partition coefficient (Wildman–Crippen LogP) is 3.61. The largest absolute Gasteiger partial charge is 0.436 e. The highest BCUT2D eigenvalue weighted by atomic mass is 28.5. The van der Waals surface area contributed by atoms with E-state index in [0.29, 0.717) is 0 Å². The molecule has 0 aromatic rings. The van der Waals surface area contributed by atoms with Gasteiger partial charge in [0.1, 0.15) is 0 Å². The zero-order valence-electron chi connectivity index (χ0n) is 16.4. The van der Waals surface area contributed by atoms with Crippen LogP contribution >= 0.6 is 0 Å². The fourth-order valence-corrected chi connectivity index (χ4v) is 22.4. The average molecular weight is 399 g/mol. The molecule has 0 aliphatic heterocycles. The van der Waals surface area contributed by atoms with Crippen LogP contribution in [0.2, 0.25) is 64.5 Å². The van der Waals surface area contributed by atoms with E-state index >= 15 is 0 Å². The van der Waals surface area contributed by atoms with Crippen molar-refractivity contribution in [3.8, 4) is 0 Å². The Bertz CT molecular complexity index is 316. The van der Waals surface area contributed by atoms with E-state index in [4.69, 9.17) is 22.6 Å². The third-order valence-corrected chi connectivity index (χ3v) is 18.8. The first kappa shape index (κ1) is 23.7. The van der Waals surface area contributed by atoms with Crippen molar-refractivity contribution in [3.05, 3.63) is 0 Å². The van der Waals surface area contributed by atoms with Crippen molar-refractivity contribution < 1.29 is 22.6 Å². The minimum atomic E-state index is -2.27. The van der Waals surface area contributed by atoms with Gasteiger partial charge in [-0.15, -0.1) is 0 Å². The quantitative estimate of drug-likeness (QED) is 0.491. The van der Waals surface area contributed by atoms with Gasteiger partial charge in [0.15, 0.2) is 16.6 Å². The zero-order chi connectivity index (χ0) is 18.4. The number of hydrogen-bond donors (Lipinski definition) is 2. The van der Waals surface area contributed by atoms with E-state index in [9.17, 15) is 0 Å². The molecule has 5 nitrogen and oxygen atoms in total. The van der Waals surface area contributed by atoms with Crippen LogP contribution in [0.25, 0.3) is 0 Å². The molecule has 0 spiro atoms. The van der Waals surface area contributed by atoms with Crippen LogP contribution in [-0.4, -0.2) is 57.2 Å². The lowest BCUT2D eigenvalue weighted by atomic mass is 10.5. The molecule has 2 N–H and O–H groups in total. The highest BCUT2D eigenvalue weighted by molar-refractivity contribution is 6.89. The van der Waals surface area contributed by atoms with Gasteiger partial charge in [-0.25, -0.2) is 0 Å². The number of hydrogen-bond acceptors (Lipinski definition) is 5. The molecular formula is C14H38O5Si4. The van der Waals surface area contributed by atoms with Crippen LogP contribution in [-0.2, 0) is 12.3 Å². The Morgan fingerprint density at radius 3 is 1.13 bits per heavy atom. The topological polar surface area (TPSA) is 68.2 Å². The molecule has 9 heteroatoms. The SMILES string of the molecule is C[Si](C)(CCCO)O[Si](C)(C)O[Si](C)(C)O[Si](C)(C)CCCO. The van der Waals surface area contributed by atoms with E-state index < -0.39 is 33.8 Å². The Balaban J connectivity index is 4.72. The Kier molecular flexibility index (Phi) is 9.66. The third kappa shape index (κ3) is 11.8. The third-order valence-electron chi connectivity index (χ3n) is 3.41. The summed E-state index contributed by atoms with van der Waals surface area (Å²) in [6.07, 6.45) is 1.59. The van der Waals surface area contributed by atoms with Crippen molar-refractivity contribution in [3.63, 3.8) is 0 Å². The minimum absolute atomic E-state index is 0.219. The minimum Gasteiger partial charge on any atom is -0.436 e. The Morgan fingerprint density at radius 1 is 0.565 bits per heavy atom. The second-order valence-electron chi connectivity index (χ2n) is 8.28. The molecule has 0 aliphatic carbocycles. The number of rotatable bonds is 12. The molecule has 0 aliphatic rings. The van der Waals surface area contributed by atoms with E-state index in [2.05, 4.69) is 52.4 Å². The maximum Gasteiger partial charge on any atom is 0.312 e. The second-order valence-corrected chi connectivity index (χ2v) is 24.4. The molecule has 0 aromatic carbocycles. The summed E-state index contributed by atoms with van der Waals surface area (Å²) in [4.78, 5) is 0. The summed E-state index contributed by atoms with van der Waals surface area (Å²) in [7, 11) is -8.17. The average Bonchev–Trinajstić information content (AvgIpc) is 2.29. The molecular weight excluding hydrogens is 360 g/mol.